The summed E-state index contributed by atoms with van der Waals surface area (Å²) in [5, 5.41) is 9.08. The zero-order valence-corrected chi connectivity index (χ0v) is 9.30. The van der Waals surface area contributed by atoms with E-state index >= 15 is 0 Å². The van der Waals surface area contributed by atoms with Crippen LogP contribution in [-0.4, -0.2) is 16.8 Å². The number of rotatable bonds is 4. The Morgan fingerprint density at radius 3 is 3.07 bits per heavy atom. The zero-order valence-electron chi connectivity index (χ0n) is 8.48. The lowest BCUT2D eigenvalue weighted by Crippen LogP contribution is -1.98. The van der Waals surface area contributed by atoms with E-state index in [2.05, 4.69) is 24.3 Å². The van der Waals surface area contributed by atoms with Crippen molar-refractivity contribution < 1.29 is 9.90 Å². The van der Waals surface area contributed by atoms with Gasteiger partial charge in [0, 0.05) is 11.0 Å². The number of benzene rings is 1. The third kappa shape index (κ3) is 2.53. The van der Waals surface area contributed by atoms with Gasteiger partial charge in [0.2, 0.25) is 0 Å². The van der Waals surface area contributed by atoms with Crippen LogP contribution in [0.15, 0.2) is 24.3 Å². The van der Waals surface area contributed by atoms with Gasteiger partial charge in [0.05, 0.1) is 6.42 Å². The lowest BCUT2D eigenvalue weighted by Gasteiger charge is -2.09. The fourth-order valence-electron chi connectivity index (χ4n) is 1.98. The Morgan fingerprint density at radius 1 is 1.47 bits per heavy atom. The highest BCUT2D eigenvalue weighted by atomic mass is 32.2. The summed E-state index contributed by atoms with van der Waals surface area (Å²) in [5.41, 5.74) is 2.85. The summed E-state index contributed by atoms with van der Waals surface area (Å²) in [6.45, 7) is 0. The van der Waals surface area contributed by atoms with E-state index < -0.39 is 5.97 Å². The molecule has 80 valence electrons. The summed E-state index contributed by atoms with van der Waals surface area (Å²) < 4.78 is 0. The summed E-state index contributed by atoms with van der Waals surface area (Å²) in [6, 6.07) is 8.48. The smallest absolute Gasteiger partial charge is 0.304 e. The van der Waals surface area contributed by atoms with E-state index in [1.54, 1.807) is 11.8 Å². The number of hydrogen-bond acceptors (Lipinski definition) is 2. The number of aliphatic carboxylic acids is 1. The van der Waals surface area contributed by atoms with Crippen molar-refractivity contribution in [3.05, 3.63) is 35.4 Å². The maximum atomic E-state index is 10.4. The van der Waals surface area contributed by atoms with Gasteiger partial charge in [-0.15, -0.1) is 0 Å². The van der Waals surface area contributed by atoms with Gasteiger partial charge in [0.15, 0.2) is 0 Å². The van der Waals surface area contributed by atoms with Crippen LogP contribution >= 0.6 is 11.8 Å². The highest BCUT2D eigenvalue weighted by molar-refractivity contribution is 7.99. The van der Waals surface area contributed by atoms with Crippen LogP contribution in [0.2, 0.25) is 0 Å². The second-order valence-corrected chi connectivity index (χ2v) is 5.05. The van der Waals surface area contributed by atoms with E-state index in [4.69, 9.17) is 5.11 Å². The number of carboxylic acids is 1. The van der Waals surface area contributed by atoms with Crippen molar-refractivity contribution in [3.63, 3.8) is 0 Å². The van der Waals surface area contributed by atoms with Gasteiger partial charge in [0.25, 0.3) is 0 Å². The molecule has 0 aliphatic heterocycles. The van der Waals surface area contributed by atoms with Crippen LogP contribution < -0.4 is 0 Å². The molecule has 15 heavy (non-hydrogen) atoms. The minimum Gasteiger partial charge on any atom is -0.481 e. The van der Waals surface area contributed by atoms with Gasteiger partial charge in [-0.05, 0) is 24.0 Å². The number of fused-ring (bicyclic) bond motifs is 1. The molecule has 1 aromatic rings. The van der Waals surface area contributed by atoms with Crippen molar-refractivity contribution in [2.45, 2.75) is 24.5 Å². The maximum absolute atomic E-state index is 10.4. The molecule has 0 fully saturated rings. The second kappa shape index (κ2) is 4.71. The molecule has 0 bridgehead atoms. The van der Waals surface area contributed by atoms with E-state index in [1.807, 2.05) is 0 Å². The molecule has 2 nitrogen and oxygen atoms in total. The molecule has 2 rings (SSSR count). The summed E-state index contributed by atoms with van der Waals surface area (Å²) >= 11 is 1.77. The fraction of sp³-hybridized carbons (Fsp3) is 0.417. The lowest BCUT2D eigenvalue weighted by atomic mass is 10.1. The van der Waals surface area contributed by atoms with E-state index in [0.717, 1.165) is 12.8 Å². The molecule has 0 aromatic heterocycles. The Bertz CT molecular complexity index is 362. The van der Waals surface area contributed by atoms with Crippen molar-refractivity contribution in [2.24, 2.45) is 0 Å². The molecule has 1 aliphatic carbocycles. The van der Waals surface area contributed by atoms with Crippen LogP contribution in [-0.2, 0) is 11.2 Å². The van der Waals surface area contributed by atoms with E-state index in [9.17, 15) is 4.79 Å². The van der Waals surface area contributed by atoms with Crippen molar-refractivity contribution in [3.8, 4) is 0 Å². The first-order valence-corrected chi connectivity index (χ1v) is 6.23. The molecule has 0 heterocycles. The van der Waals surface area contributed by atoms with Gasteiger partial charge >= 0.3 is 5.97 Å². The first-order chi connectivity index (χ1) is 7.27. The van der Waals surface area contributed by atoms with Crippen LogP contribution in [0.25, 0.3) is 0 Å². The predicted octanol–water partition coefficient (Wildman–Crippen LogP) is 2.88. The van der Waals surface area contributed by atoms with Crippen LogP contribution in [0.3, 0.4) is 0 Å². The van der Waals surface area contributed by atoms with Gasteiger partial charge in [-0.2, -0.15) is 11.8 Å². The van der Waals surface area contributed by atoms with E-state index in [1.165, 1.54) is 11.1 Å². The fourth-order valence-corrected chi connectivity index (χ4v) is 3.25. The topological polar surface area (TPSA) is 37.3 Å². The van der Waals surface area contributed by atoms with Gasteiger partial charge < -0.3 is 5.11 Å². The number of hydrogen-bond donors (Lipinski definition) is 1. The first kappa shape index (κ1) is 10.6. The Balaban J connectivity index is 1.93. The molecule has 1 aliphatic rings. The Hall–Kier alpha value is -0.960. The largest absolute Gasteiger partial charge is 0.481 e. The number of carboxylic acid groups (broad SMARTS) is 1. The van der Waals surface area contributed by atoms with Crippen LogP contribution in [0.5, 0.6) is 0 Å². The van der Waals surface area contributed by atoms with Crippen molar-refractivity contribution in [2.75, 3.05) is 5.75 Å². The zero-order chi connectivity index (χ0) is 10.7. The molecule has 0 saturated carbocycles. The summed E-state index contributed by atoms with van der Waals surface area (Å²) in [5.74, 6) is 0.0164. The molecule has 1 N–H and O–H groups in total. The Kier molecular flexibility index (Phi) is 3.31. The van der Waals surface area contributed by atoms with Crippen molar-refractivity contribution >= 4 is 17.7 Å². The van der Waals surface area contributed by atoms with E-state index in [-0.39, 0.29) is 6.42 Å². The monoisotopic (exact) mass is 222 g/mol. The average Bonchev–Trinajstić information content (AvgIpc) is 2.62. The van der Waals surface area contributed by atoms with Crippen LogP contribution in [0.4, 0.5) is 0 Å². The minimum atomic E-state index is -0.700. The summed E-state index contributed by atoms with van der Waals surface area (Å²) in [6.07, 6.45) is 2.56. The second-order valence-electron chi connectivity index (χ2n) is 3.74. The van der Waals surface area contributed by atoms with Gasteiger partial charge in [-0.3, -0.25) is 4.79 Å². The Morgan fingerprint density at radius 2 is 2.27 bits per heavy atom. The molecule has 0 radical (unpaired) electrons. The highest BCUT2D eigenvalue weighted by Gasteiger charge is 2.21. The molecular weight excluding hydrogens is 208 g/mol. The quantitative estimate of drug-likeness (QED) is 0.851. The van der Waals surface area contributed by atoms with E-state index in [0.29, 0.717) is 11.0 Å². The lowest BCUT2D eigenvalue weighted by molar-refractivity contribution is -0.136. The third-order valence-corrected chi connectivity index (χ3v) is 4.04. The van der Waals surface area contributed by atoms with Crippen molar-refractivity contribution in [1.29, 1.82) is 0 Å². The normalized spacial score (nSPS) is 18.8. The molecule has 1 unspecified atom stereocenters. The molecule has 3 heteroatoms. The molecule has 1 atom stereocenters. The minimum absolute atomic E-state index is 0.267. The SMILES string of the molecule is O=C(O)CCSC1CCc2ccccc21. The van der Waals surface area contributed by atoms with Crippen molar-refractivity contribution in [1.82, 2.24) is 0 Å². The average molecular weight is 222 g/mol. The Labute approximate surface area is 93.7 Å². The molecule has 0 saturated heterocycles. The van der Waals surface area contributed by atoms with Gasteiger partial charge in [-0.1, -0.05) is 24.3 Å². The van der Waals surface area contributed by atoms with Crippen LogP contribution in [0.1, 0.15) is 29.2 Å². The van der Waals surface area contributed by atoms with Gasteiger partial charge in [-0.25, -0.2) is 0 Å². The standard InChI is InChI=1S/C12H14O2S/c13-12(14)7-8-15-11-6-5-9-3-1-2-4-10(9)11/h1-4,11H,5-8H2,(H,13,14). The summed E-state index contributed by atoms with van der Waals surface area (Å²) in [7, 11) is 0. The molecule has 0 spiro atoms. The molecule has 1 aromatic carbocycles. The number of carbonyl (C=O) groups is 1. The predicted molar refractivity (Wildman–Crippen MR) is 62.2 cm³/mol. The molecule has 0 amide bonds. The first-order valence-electron chi connectivity index (χ1n) is 5.18. The van der Waals surface area contributed by atoms with Gasteiger partial charge in [0.1, 0.15) is 0 Å². The third-order valence-electron chi connectivity index (χ3n) is 2.71. The summed E-state index contributed by atoms with van der Waals surface area (Å²) in [4.78, 5) is 10.4. The maximum Gasteiger partial charge on any atom is 0.304 e. The molecular formula is C12H14O2S. The number of aryl methyl sites for hydroxylation is 1. The highest BCUT2D eigenvalue weighted by Crippen LogP contribution is 2.40. The van der Waals surface area contributed by atoms with Crippen LogP contribution in [0, 0.1) is 0 Å². The number of thioether (sulfide) groups is 1.